The van der Waals surface area contributed by atoms with Gasteiger partial charge in [-0.15, -0.1) is 0 Å². The van der Waals surface area contributed by atoms with E-state index >= 15 is 0 Å². The van der Waals surface area contributed by atoms with Crippen molar-refractivity contribution < 1.29 is 38.4 Å². The van der Waals surface area contributed by atoms with Crippen molar-refractivity contribution in [3.05, 3.63) is 49.1 Å². The third-order valence-corrected chi connectivity index (χ3v) is 3.92. The molecule has 0 fully saturated rings. The summed E-state index contributed by atoms with van der Waals surface area (Å²) in [6, 6.07) is 10.7. The number of aliphatic hydroxyl groups is 1. The molecule has 0 aliphatic carbocycles. The van der Waals surface area contributed by atoms with E-state index in [1.165, 1.54) is 0 Å². The smallest absolute Gasteiger partial charge is 0.412 e. The first-order valence-corrected chi connectivity index (χ1v) is 9.81. The number of benzene rings is 2. The van der Waals surface area contributed by atoms with Crippen molar-refractivity contribution in [2.45, 2.75) is 0 Å². The fourth-order valence-corrected chi connectivity index (χ4v) is 2.56. The zero-order valence-electron chi connectivity index (χ0n) is 17.2. The Balaban J connectivity index is 1.66. The molecule has 9 nitrogen and oxygen atoms in total. The predicted octanol–water partition coefficient (Wildman–Crippen LogP) is 2.06. The van der Waals surface area contributed by atoms with Crippen molar-refractivity contribution in [2.75, 3.05) is 52.8 Å². The Hall–Kier alpha value is -3.14. The highest BCUT2D eigenvalue weighted by Gasteiger charge is 2.11. The molecular weight excluding hydrogens is 406 g/mol. The number of nitrogens with one attached hydrogen (secondary N) is 1. The van der Waals surface area contributed by atoms with Gasteiger partial charge >= 0.3 is 12.1 Å². The normalized spacial score (nSPS) is 10.5. The first-order valence-electron chi connectivity index (χ1n) is 9.81. The predicted molar refractivity (Wildman–Crippen MR) is 113 cm³/mol. The number of ether oxygens (including phenoxy) is 5. The molecule has 0 aliphatic heterocycles. The fraction of sp³-hybridized carbons (Fsp3) is 0.364. The molecule has 168 valence electrons. The highest BCUT2D eigenvalue weighted by atomic mass is 16.6. The molecule has 0 spiro atoms. The highest BCUT2D eigenvalue weighted by Crippen LogP contribution is 2.33. The van der Waals surface area contributed by atoms with Crippen LogP contribution in [0.3, 0.4) is 0 Å². The van der Waals surface area contributed by atoms with Crippen LogP contribution in [0.1, 0.15) is 0 Å². The van der Waals surface area contributed by atoms with Gasteiger partial charge in [-0.25, -0.2) is 9.59 Å². The molecule has 0 unspecified atom stereocenters. The molecule has 0 saturated heterocycles. The van der Waals surface area contributed by atoms with E-state index in [9.17, 15) is 9.59 Å². The maximum atomic E-state index is 12.1. The third-order valence-electron chi connectivity index (χ3n) is 3.92. The maximum Gasteiger partial charge on any atom is 0.412 e. The summed E-state index contributed by atoms with van der Waals surface area (Å²) in [5, 5.41) is 13.1. The summed E-state index contributed by atoms with van der Waals surface area (Å²) in [5.41, 5.74) is 0. The molecule has 0 saturated carbocycles. The zero-order chi connectivity index (χ0) is 22.3. The number of fused-ring (bicyclic) bond motifs is 1. The molecule has 0 bridgehead atoms. The zero-order valence-corrected chi connectivity index (χ0v) is 17.2. The van der Waals surface area contributed by atoms with Gasteiger partial charge in [0.15, 0.2) is 0 Å². The molecule has 0 aliphatic rings. The minimum absolute atomic E-state index is 0.0890. The number of hydrogen-bond acceptors (Lipinski definition) is 8. The van der Waals surface area contributed by atoms with Gasteiger partial charge < -0.3 is 34.1 Å². The number of esters is 1. The number of rotatable bonds is 14. The van der Waals surface area contributed by atoms with Gasteiger partial charge in [0.1, 0.15) is 24.7 Å². The highest BCUT2D eigenvalue weighted by molar-refractivity contribution is 5.94. The summed E-state index contributed by atoms with van der Waals surface area (Å²) in [4.78, 5) is 22.9. The van der Waals surface area contributed by atoms with E-state index in [0.29, 0.717) is 31.3 Å². The van der Waals surface area contributed by atoms with E-state index in [-0.39, 0.29) is 33.0 Å². The summed E-state index contributed by atoms with van der Waals surface area (Å²) in [5.74, 6) is 0.514. The van der Waals surface area contributed by atoms with Crippen LogP contribution in [0.2, 0.25) is 0 Å². The van der Waals surface area contributed by atoms with Gasteiger partial charge in [0.2, 0.25) is 0 Å². The Morgan fingerprint density at radius 1 is 0.903 bits per heavy atom. The van der Waals surface area contributed by atoms with Gasteiger partial charge in [-0.1, -0.05) is 30.8 Å². The molecule has 31 heavy (non-hydrogen) atoms. The van der Waals surface area contributed by atoms with Crippen LogP contribution < -0.4 is 14.8 Å². The van der Waals surface area contributed by atoms with Crippen LogP contribution in [-0.4, -0.2) is 70.0 Å². The van der Waals surface area contributed by atoms with Crippen LogP contribution in [0.5, 0.6) is 11.5 Å². The maximum absolute atomic E-state index is 12.1. The second-order valence-electron chi connectivity index (χ2n) is 6.09. The summed E-state index contributed by atoms with van der Waals surface area (Å²) >= 11 is 0. The van der Waals surface area contributed by atoms with E-state index in [2.05, 4.69) is 11.9 Å². The third kappa shape index (κ3) is 8.63. The van der Waals surface area contributed by atoms with Gasteiger partial charge in [0, 0.05) is 23.4 Å². The second-order valence-corrected chi connectivity index (χ2v) is 6.09. The van der Waals surface area contributed by atoms with E-state index in [0.717, 1.165) is 16.8 Å². The molecule has 0 atom stereocenters. The molecule has 0 heterocycles. The minimum atomic E-state index is -0.599. The monoisotopic (exact) mass is 433 g/mol. The molecule has 0 radical (unpaired) electrons. The molecule has 2 rings (SSSR count). The summed E-state index contributed by atoms with van der Waals surface area (Å²) in [7, 11) is 0. The van der Waals surface area contributed by atoms with Crippen molar-refractivity contribution in [3.63, 3.8) is 0 Å². The second kappa shape index (κ2) is 14.0. The Bertz CT molecular complexity index is 855. The minimum Gasteiger partial charge on any atom is -0.491 e. The van der Waals surface area contributed by atoms with Crippen LogP contribution in [0.4, 0.5) is 4.79 Å². The Morgan fingerprint density at radius 3 is 2.26 bits per heavy atom. The van der Waals surface area contributed by atoms with E-state index in [1.54, 1.807) is 12.1 Å². The Kier molecular flexibility index (Phi) is 10.9. The van der Waals surface area contributed by atoms with E-state index in [4.69, 9.17) is 28.8 Å². The molecule has 2 N–H and O–H groups in total. The number of amides is 1. The van der Waals surface area contributed by atoms with Crippen LogP contribution in [0.25, 0.3) is 10.8 Å². The van der Waals surface area contributed by atoms with E-state index < -0.39 is 12.1 Å². The average Bonchev–Trinajstić information content (AvgIpc) is 2.79. The quantitative estimate of drug-likeness (QED) is 0.265. The van der Waals surface area contributed by atoms with Crippen LogP contribution >= 0.6 is 0 Å². The van der Waals surface area contributed by atoms with Crippen LogP contribution in [-0.2, 0) is 19.0 Å². The largest absolute Gasteiger partial charge is 0.491 e. The Morgan fingerprint density at radius 2 is 1.55 bits per heavy atom. The molecule has 0 aromatic heterocycles. The first kappa shape index (κ1) is 24.1. The van der Waals surface area contributed by atoms with Gasteiger partial charge in [-0.05, 0) is 12.1 Å². The summed E-state index contributed by atoms with van der Waals surface area (Å²) < 4.78 is 26.3. The number of aliphatic hydroxyl groups excluding tert-OH is 1. The Labute approximate surface area is 180 Å². The van der Waals surface area contributed by atoms with Gasteiger partial charge in [0.05, 0.1) is 33.0 Å². The van der Waals surface area contributed by atoms with Gasteiger partial charge in [-0.3, -0.25) is 0 Å². The SMILES string of the molecule is C=CC(=O)OCCOCCOCCNC(=O)Oc1ccc(OCCO)c2ccccc12. The van der Waals surface area contributed by atoms with E-state index in [1.807, 2.05) is 24.3 Å². The van der Waals surface area contributed by atoms with Gasteiger partial charge in [0.25, 0.3) is 0 Å². The average molecular weight is 433 g/mol. The van der Waals surface area contributed by atoms with Crippen molar-refractivity contribution in [1.29, 1.82) is 0 Å². The lowest BCUT2D eigenvalue weighted by Gasteiger charge is -2.12. The lowest BCUT2D eigenvalue weighted by Crippen LogP contribution is -2.30. The summed E-state index contributed by atoms with van der Waals surface area (Å²) in [6.45, 7) is 5.05. The molecular formula is C22H27NO8. The molecule has 1 amide bonds. The molecule has 2 aromatic carbocycles. The van der Waals surface area contributed by atoms with Crippen LogP contribution in [0, 0.1) is 0 Å². The molecule has 9 heteroatoms. The fourth-order valence-electron chi connectivity index (χ4n) is 2.56. The van der Waals surface area contributed by atoms with Crippen molar-refractivity contribution in [2.24, 2.45) is 0 Å². The number of carbonyl (C=O) groups is 2. The number of hydrogen-bond donors (Lipinski definition) is 2. The lowest BCUT2D eigenvalue weighted by molar-refractivity contribution is -0.139. The van der Waals surface area contributed by atoms with Crippen LogP contribution in [0.15, 0.2) is 49.1 Å². The molecule has 2 aromatic rings. The van der Waals surface area contributed by atoms with Gasteiger partial charge in [-0.2, -0.15) is 0 Å². The summed E-state index contributed by atoms with van der Waals surface area (Å²) in [6.07, 6.45) is 0.491. The lowest BCUT2D eigenvalue weighted by atomic mass is 10.1. The van der Waals surface area contributed by atoms with Crippen molar-refractivity contribution in [3.8, 4) is 11.5 Å². The van der Waals surface area contributed by atoms with Crippen molar-refractivity contribution in [1.82, 2.24) is 5.32 Å². The first-order chi connectivity index (χ1) is 15.2. The topological polar surface area (TPSA) is 113 Å². The standard InChI is InChI=1S/C22H27NO8/c1-2-21(25)30-16-15-28-14-13-27-11-9-23-22(26)31-20-8-7-19(29-12-10-24)17-5-3-4-6-18(17)20/h2-8,24H,1,9-16H2,(H,23,26). The van der Waals surface area contributed by atoms with Crippen molar-refractivity contribution >= 4 is 22.8 Å². The number of carbonyl (C=O) groups excluding carboxylic acids is 2.